The van der Waals surface area contributed by atoms with E-state index < -0.39 is 11.0 Å². The van der Waals surface area contributed by atoms with Crippen molar-refractivity contribution < 1.29 is 4.21 Å². The van der Waals surface area contributed by atoms with Gasteiger partial charge in [-0.05, 0) is 32.9 Å². The lowest BCUT2D eigenvalue weighted by Gasteiger charge is -2.12. The zero-order valence-corrected chi connectivity index (χ0v) is 10.5. The average molecular weight is 245 g/mol. The molecule has 0 unspecified atom stereocenters. The Morgan fingerprint density at radius 2 is 2.13 bits per heavy atom. The highest BCUT2D eigenvalue weighted by atomic mass is 35.5. The Morgan fingerprint density at radius 3 is 2.60 bits per heavy atom. The molecule has 1 aromatic heterocycles. The molecule has 0 fully saturated rings. The van der Waals surface area contributed by atoms with Gasteiger partial charge >= 0.3 is 0 Å². The highest BCUT2D eigenvalue weighted by molar-refractivity contribution is 7.85. The van der Waals surface area contributed by atoms with Gasteiger partial charge in [-0.3, -0.25) is 0 Å². The summed E-state index contributed by atoms with van der Waals surface area (Å²) in [4.78, 5) is 3.89. The molecule has 0 spiro atoms. The van der Waals surface area contributed by atoms with E-state index in [1.165, 1.54) is 0 Å². The summed E-state index contributed by atoms with van der Waals surface area (Å²) in [6.45, 7) is 5.63. The van der Waals surface area contributed by atoms with Crippen LogP contribution in [-0.2, 0) is 11.0 Å². The number of rotatable bonds is 2. The van der Waals surface area contributed by atoms with Crippen LogP contribution in [0.15, 0.2) is 22.7 Å². The van der Waals surface area contributed by atoms with Crippen molar-refractivity contribution in [2.24, 2.45) is 4.40 Å². The monoisotopic (exact) mass is 244 g/mol. The van der Waals surface area contributed by atoms with Gasteiger partial charge in [0.15, 0.2) is 0 Å². The molecule has 0 N–H and O–H groups in total. The van der Waals surface area contributed by atoms with Crippen LogP contribution in [-0.4, -0.2) is 20.2 Å². The van der Waals surface area contributed by atoms with Crippen LogP contribution in [0, 0.1) is 0 Å². The molecular formula is C10H13ClN2OS. The molecule has 1 atom stereocenters. The van der Waals surface area contributed by atoms with Crippen LogP contribution in [0.4, 0.5) is 0 Å². The van der Waals surface area contributed by atoms with E-state index >= 15 is 0 Å². The molecule has 0 aliphatic carbocycles. The van der Waals surface area contributed by atoms with Crippen LogP contribution in [0.5, 0.6) is 0 Å². The van der Waals surface area contributed by atoms with Crippen molar-refractivity contribution >= 4 is 28.8 Å². The van der Waals surface area contributed by atoms with Crippen molar-refractivity contribution in [3.8, 4) is 0 Å². The summed E-state index contributed by atoms with van der Waals surface area (Å²) in [5, 5.41) is 0.434. The lowest BCUT2D eigenvalue weighted by molar-refractivity contribution is 0.651. The Labute approximate surface area is 97.2 Å². The van der Waals surface area contributed by atoms with Crippen molar-refractivity contribution in [2.75, 3.05) is 0 Å². The van der Waals surface area contributed by atoms with Gasteiger partial charge < -0.3 is 0 Å². The number of hydrogen-bond acceptors (Lipinski definition) is 2. The maximum atomic E-state index is 11.6. The predicted octanol–water partition coefficient (Wildman–Crippen LogP) is 2.62. The van der Waals surface area contributed by atoms with Gasteiger partial charge in [0.1, 0.15) is 16.1 Å². The fourth-order valence-electron chi connectivity index (χ4n) is 0.730. The number of halogens is 1. The second kappa shape index (κ2) is 4.86. The van der Waals surface area contributed by atoms with Crippen LogP contribution in [0.1, 0.15) is 26.3 Å². The maximum Gasteiger partial charge on any atom is 0.144 e. The lowest BCUT2D eigenvalue weighted by Crippen LogP contribution is -2.19. The number of hydrogen-bond donors (Lipinski definition) is 0. The van der Waals surface area contributed by atoms with E-state index in [4.69, 9.17) is 11.6 Å². The van der Waals surface area contributed by atoms with Crippen LogP contribution in [0.25, 0.3) is 0 Å². The molecule has 3 nitrogen and oxygen atoms in total. The van der Waals surface area contributed by atoms with Crippen LogP contribution < -0.4 is 0 Å². The summed E-state index contributed by atoms with van der Waals surface area (Å²) < 4.78 is 15.2. The minimum Gasteiger partial charge on any atom is -0.244 e. The van der Waals surface area contributed by atoms with Gasteiger partial charge in [-0.15, -0.1) is 0 Å². The fourth-order valence-corrected chi connectivity index (χ4v) is 1.38. The van der Waals surface area contributed by atoms with Gasteiger partial charge in [0.2, 0.25) is 0 Å². The van der Waals surface area contributed by atoms with Crippen molar-refractivity contribution in [1.82, 2.24) is 4.98 Å². The van der Waals surface area contributed by atoms with Crippen molar-refractivity contribution in [1.29, 1.82) is 0 Å². The molecule has 0 saturated carbocycles. The molecule has 0 amide bonds. The number of pyridine rings is 1. The number of aromatic nitrogens is 1. The fraction of sp³-hybridized carbons (Fsp3) is 0.400. The minimum absolute atomic E-state index is 0.337. The van der Waals surface area contributed by atoms with Crippen molar-refractivity contribution in [3.63, 3.8) is 0 Å². The zero-order valence-electron chi connectivity index (χ0n) is 8.90. The molecule has 1 aromatic rings. The van der Waals surface area contributed by atoms with Gasteiger partial charge in [0.05, 0.1) is 4.75 Å². The van der Waals surface area contributed by atoms with E-state index in [2.05, 4.69) is 9.38 Å². The summed E-state index contributed by atoms with van der Waals surface area (Å²) in [5.41, 5.74) is 0.789. The highest BCUT2D eigenvalue weighted by Crippen LogP contribution is 2.12. The van der Waals surface area contributed by atoms with Gasteiger partial charge in [-0.2, -0.15) is 4.40 Å². The van der Waals surface area contributed by atoms with E-state index in [0.29, 0.717) is 5.15 Å². The first-order valence-corrected chi connectivity index (χ1v) is 5.96. The van der Waals surface area contributed by atoms with Gasteiger partial charge in [-0.1, -0.05) is 11.6 Å². The largest absolute Gasteiger partial charge is 0.244 e. The Balaban J connectivity index is 2.74. The standard InChI is InChI=1S/C10H13ClN2OS/c1-10(2,3)15(14)13-7-8-4-5-9(11)12-6-8/h4-7H,1-3H3/t15-/m1/s1. The third kappa shape index (κ3) is 4.10. The summed E-state index contributed by atoms with van der Waals surface area (Å²) in [6.07, 6.45) is 3.14. The second-order valence-corrected chi connectivity index (χ2v) is 6.33. The second-order valence-electron chi connectivity index (χ2n) is 4.01. The molecule has 0 saturated heterocycles. The molecular weight excluding hydrogens is 232 g/mol. The smallest absolute Gasteiger partial charge is 0.144 e. The molecule has 0 radical (unpaired) electrons. The number of nitrogens with zero attached hydrogens (tertiary/aromatic N) is 2. The molecule has 0 aliphatic rings. The Kier molecular flexibility index (Phi) is 3.99. The summed E-state index contributed by atoms with van der Waals surface area (Å²) >= 11 is 5.63. The third-order valence-corrected chi connectivity index (χ3v) is 3.14. The van der Waals surface area contributed by atoms with Crippen molar-refractivity contribution in [2.45, 2.75) is 25.5 Å². The highest BCUT2D eigenvalue weighted by Gasteiger charge is 2.17. The molecule has 1 heterocycles. The zero-order chi connectivity index (χ0) is 11.5. The first-order chi connectivity index (χ1) is 6.89. The molecule has 1 rings (SSSR count). The predicted molar refractivity (Wildman–Crippen MR) is 64.7 cm³/mol. The Hall–Kier alpha value is -0.740. The van der Waals surface area contributed by atoms with Crippen molar-refractivity contribution in [3.05, 3.63) is 29.0 Å². The SMILES string of the molecule is CC(C)(C)[S@@](=O)N=Cc1ccc(Cl)nc1. The van der Waals surface area contributed by atoms with Gasteiger partial charge in [-0.25, -0.2) is 9.19 Å². The summed E-state index contributed by atoms with van der Waals surface area (Å²) in [6, 6.07) is 3.45. The average Bonchev–Trinajstić information content (AvgIpc) is 2.15. The van der Waals surface area contributed by atoms with E-state index in [-0.39, 0.29) is 4.75 Å². The molecule has 5 heteroatoms. The lowest BCUT2D eigenvalue weighted by atomic mass is 10.3. The van der Waals surface area contributed by atoms with E-state index in [0.717, 1.165) is 5.56 Å². The minimum atomic E-state index is -1.23. The molecule has 0 bridgehead atoms. The van der Waals surface area contributed by atoms with Gasteiger partial charge in [0, 0.05) is 18.0 Å². The van der Waals surface area contributed by atoms with Crippen LogP contribution >= 0.6 is 11.6 Å². The summed E-state index contributed by atoms with van der Waals surface area (Å²) in [5.74, 6) is 0. The van der Waals surface area contributed by atoms with E-state index in [1.807, 2.05) is 20.8 Å². The molecule has 82 valence electrons. The van der Waals surface area contributed by atoms with E-state index in [9.17, 15) is 4.21 Å². The molecule has 0 aliphatic heterocycles. The maximum absolute atomic E-state index is 11.6. The normalized spacial score (nSPS) is 14.4. The summed E-state index contributed by atoms with van der Waals surface area (Å²) in [7, 11) is -1.23. The topological polar surface area (TPSA) is 42.3 Å². The van der Waals surface area contributed by atoms with E-state index in [1.54, 1.807) is 24.5 Å². The Bertz CT molecular complexity index is 381. The first-order valence-electron chi connectivity index (χ1n) is 4.47. The molecule has 0 aromatic carbocycles. The Morgan fingerprint density at radius 1 is 1.47 bits per heavy atom. The third-order valence-electron chi connectivity index (χ3n) is 1.57. The quantitative estimate of drug-likeness (QED) is 0.593. The first kappa shape index (κ1) is 12.3. The molecule has 15 heavy (non-hydrogen) atoms. The van der Waals surface area contributed by atoms with Crippen LogP contribution in [0.3, 0.4) is 0 Å². The van der Waals surface area contributed by atoms with Crippen LogP contribution in [0.2, 0.25) is 5.15 Å². The van der Waals surface area contributed by atoms with Gasteiger partial charge in [0.25, 0.3) is 0 Å².